The van der Waals surface area contributed by atoms with Crippen molar-refractivity contribution in [1.29, 1.82) is 0 Å². The fourth-order valence-electron chi connectivity index (χ4n) is 3.04. The van der Waals surface area contributed by atoms with Gasteiger partial charge >= 0.3 is 5.97 Å². The van der Waals surface area contributed by atoms with Crippen LogP contribution in [0.15, 0.2) is 45.3 Å². The van der Waals surface area contributed by atoms with Gasteiger partial charge in [0, 0.05) is 10.7 Å². The number of hydrogen-bond acceptors (Lipinski definition) is 9. The van der Waals surface area contributed by atoms with E-state index >= 15 is 0 Å². The van der Waals surface area contributed by atoms with Gasteiger partial charge in [0.25, 0.3) is 5.91 Å². The lowest BCUT2D eigenvalue weighted by Crippen LogP contribution is -2.70. The van der Waals surface area contributed by atoms with Crippen LogP contribution in [0.3, 0.4) is 0 Å². The van der Waals surface area contributed by atoms with Crippen LogP contribution in [0.2, 0.25) is 0 Å². The van der Waals surface area contributed by atoms with E-state index in [0.29, 0.717) is 15.0 Å². The van der Waals surface area contributed by atoms with Crippen LogP contribution in [0.4, 0.5) is 5.13 Å². The van der Waals surface area contributed by atoms with Crippen LogP contribution in [-0.2, 0) is 20.8 Å². The van der Waals surface area contributed by atoms with Crippen molar-refractivity contribution in [3.8, 4) is 0 Å². The maximum atomic E-state index is 12.6. The number of anilines is 1. The Labute approximate surface area is 177 Å². The number of aromatic nitrogens is 2. The highest BCUT2D eigenvalue weighted by molar-refractivity contribution is 8.07. The summed E-state index contributed by atoms with van der Waals surface area (Å²) in [5.74, 6) is -1.53. The Kier molecular flexibility index (Phi) is 5.48. The summed E-state index contributed by atoms with van der Waals surface area (Å²) < 4.78 is 0.510. The minimum Gasteiger partial charge on any atom is -0.477 e. The molecule has 12 heteroatoms. The molecule has 0 saturated carbocycles. The second-order valence-corrected chi connectivity index (χ2v) is 9.66. The lowest BCUT2D eigenvalue weighted by Gasteiger charge is -2.49. The molecule has 0 aliphatic carbocycles. The maximum absolute atomic E-state index is 12.6. The highest BCUT2D eigenvalue weighted by Crippen LogP contribution is 2.45. The average Bonchev–Trinajstić information content (AvgIpc) is 3.11. The molecule has 9 nitrogen and oxygen atoms in total. The molecule has 2 aliphatic rings. The van der Waals surface area contributed by atoms with Crippen LogP contribution in [0.5, 0.6) is 0 Å². The number of carbonyl (C=O) groups excluding carboxylic acids is 2. The molecule has 1 fully saturated rings. The number of nitrogens with zero attached hydrogens (tertiary/aromatic N) is 3. The lowest BCUT2D eigenvalue weighted by atomic mass is 10.0. The van der Waals surface area contributed by atoms with Crippen molar-refractivity contribution in [1.82, 2.24) is 20.4 Å². The number of carboxylic acids is 1. The van der Waals surface area contributed by atoms with Gasteiger partial charge in [0.1, 0.15) is 17.1 Å². The van der Waals surface area contributed by atoms with Crippen LogP contribution in [0.25, 0.3) is 0 Å². The molecule has 4 rings (SSSR count). The molecule has 2 amide bonds. The number of nitrogen functional groups attached to an aromatic ring is 1. The molecule has 0 spiro atoms. The summed E-state index contributed by atoms with van der Waals surface area (Å²) in [5.41, 5.74) is 6.33. The molecule has 2 aromatic rings. The van der Waals surface area contributed by atoms with Crippen LogP contribution >= 0.6 is 34.9 Å². The summed E-state index contributed by atoms with van der Waals surface area (Å²) in [5, 5.41) is 19.8. The molecule has 0 bridgehead atoms. The van der Waals surface area contributed by atoms with Gasteiger partial charge in [0.15, 0.2) is 4.34 Å². The number of thioether (sulfide) groups is 2. The maximum Gasteiger partial charge on any atom is 0.353 e. The monoisotopic (exact) mass is 449 g/mol. The van der Waals surface area contributed by atoms with Crippen LogP contribution in [0, 0.1) is 0 Å². The van der Waals surface area contributed by atoms with E-state index in [9.17, 15) is 19.5 Å². The molecule has 1 aromatic heterocycles. The van der Waals surface area contributed by atoms with Gasteiger partial charge in [-0.15, -0.1) is 22.0 Å². The third kappa shape index (κ3) is 3.95. The van der Waals surface area contributed by atoms with Crippen molar-refractivity contribution in [2.75, 3.05) is 11.5 Å². The minimum atomic E-state index is -1.20. The number of β-lactam (4-membered cyclic amide) rings is 1. The van der Waals surface area contributed by atoms with E-state index in [2.05, 4.69) is 15.5 Å². The number of benzene rings is 1. The quantitative estimate of drug-likeness (QED) is 0.554. The van der Waals surface area contributed by atoms with Gasteiger partial charge in [-0.25, -0.2) is 4.79 Å². The third-order valence-corrected chi connectivity index (χ3v) is 7.64. The summed E-state index contributed by atoms with van der Waals surface area (Å²) in [6, 6.07) is 8.46. The van der Waals surface area contributed by atoms with Gasteiger partial charge in [-0.2, -0.15) is 0 Å². The first-order valence-corrected chi connectivity index (χ1v) is 11.1. The Morgan fingerprint density at radius 1 is 1.31 bits per heavy atom. The van der Waals surface area contributed by atoms with Crippen LogP contribution < -0.4 is 11.1 Å². The van der Waals surface area contributed by atoms with Crippen molar-refractivity contribution in [2.24, 2.45) is 0 Å². The van der Waals surface area contributed by atoms with Crippen molar-refractivity contribution >= 4 is 57.8 Å². The van der Waals surface area contributed by atoms with E-state index < -0.39 is 23.3 Å². The summed E-state index contributed by atoms with van der Waals surface area (Å²) >= 11 is 3.69. The fraction of sp³-hybridized carbons (Fsp3) is 0.235. The van der Waals surface area contributed by atoms with E-state index in [1.54, 1.807) is 0 Å². The number of rotatable bonds is 6. The standard InChI is InChI=1S/C17H15N5O4S3/c18-16-20-21-17(29-16)28-9-7-27-14-11(13(24)22(14)12(9)15(25)26)19-10(23)6-8-4-2-1-3-5-8/h1-5,11,14H,6-7H2,(H2,18,20)(H,19,23)(H,25,26)/t11-,14+/m1/s1. The van der Waals surface area contributed by atoms with Gasteiger partial charge < -0.3 is 16.2 Å². The van der Waals surface area contributed by atoms with Crippen molar-refractivity contribution < 1.29 is 19.5 Å². The number of fused-ring (bicyclic) bond motifs is 1. The summed E-state index contributed by atoms with van der Waals surface area (Å²) in [7, 11) is 0. The van der Waals surface area contributed by atoms with Crippen molar-refractivity contribution in [2.45, 2.75) is 22.2 Å². The number of hydrogen-bond donors (Lipinski definition) is 3. The molecule has 0 unspecified atom stereocenters. The zero-order chi connectivity index (χ0) is 20.5. The Morgan fingerprint density at radius 3 is 2.72 bits per heavy atom. The van der Waals surface area contributed by atoms with Gasteiger partial charge in [-0.3, -0.25) is 14.5 Å². The highest BCUT2D eigenvalue weighted by atomic mass is 32.2. The Hall–Kier alpha value is -2.57. The van der Waals surface area contributed by atoms with Gasteiger partial charge in [-0.05, 0) is 5.56 Å². The summed E-state index contributed by atoms with van der Waals surface area (Å²) in [6.45, 7) is 0. The largest absolute Gasteiger partial charge is 0.477 e. The summed E-state index contributed by atoms with van der Waals surface area (Å²) in [6.07, 6.45) is 0.156. The first kappa shape index (κ1) is 19.7. The molecule has 0 radical (unpaired) electrons. The lowest BCUT2D eigenvalue weighted by molar-refractivity contribution is -0.150. The molecule has 29 heavy (non-hydrogen) atoms. The second-order valence-electron chi connectivity index (χ2n) is 6.20. The van der Waals surface area contributed by atoms with E-state index in [4.69, 9.17) is 5.73 Å². The number of aliphatic carboxylic acids is 1. The number of nitrogens with two attached hydrogens (primary N) is 1. The molecule has 1 aromatic carbocycles. The fourth-order valence-corrected chi connectivity index (χ4v) is 6.32. The molecule has 150 valence electrons. The highest BCUT2D eigenvalue weighted by Gasteiger charge is 2.54. The third-order valence-electron chi connectivity index (χ3n) is 4.29. The average molecular weight is 450 g/mol. The van der Waals surface area contributed by atoms with Crippen LogP contribution in [0.1, 0.15) is 5.56 Å². The van der Waals surface area contributed by atoms with Crippen molar-refractivity contribution in [3.63, 3.8) is 0 Å². The first-order valence-electron chi connectivity index (χ1n) is 8.45. The van der Waals surface area contributed by atoms with Gasteiger partial charge in [0.05, 0.1) is 6.42 Å². The number of carbonyl (C=O) groups is 3. The SMILES string of the molecule is Nc1nnc(SC2=C(C(=O)O)N3C(=O)[C@@H](NC(=O)Cc4ccccc4)[C@@H]3SC2)s1. The summed E-state index contributed by atoms with van der Waals surface area (Å²) in [4.78, 5) is 38.5. The van der Waals surface area contributed by atoms with E-state index in [1.165, 1.54) is 16.7 Å². The zero-order valence-corrected chi connectivity index (χ0v) is 17.2. The number of nitrogens with one attached hydrogen (secondary N) is 1. The van der Waals surface area contributed by atoms with Gasteiger partial charge in [-0.1, -0.05) is 53.4 Å². The minimum absolute atomic E-state index is 0.0777. The number of amides is 2. The van der Waals surface area contributed by atoms with E-state index in [0.717, 1.165) is 28.7 Å². The Balaban J connectivity index is 1.47. The molecule has 2 aliphatic heterocycles. The second kappa shape index (κ2) is 8.05. The van der Waals surface area contributed by atoms with Crippen LogP contribution in [-0.4, -0.2) is 55.2 Å². The smallest absolute Gasteiger partial charge is 0.353 e. The first-order chi connectivity index (χ1) is 13.9. The molecular weight excluding hydrogens is 434 g/mol. The molecule has 3 heterocycles. The predicted octanol–water partition coefficient (Wildman–Crippen LogP) is 1.15. The number of carboxylic acid groups (broad SMARTS) is 1. The zero-order valence-electron chi connectivity index (χ0n) is 14.8. The normalized spacial score (nSPS) is 20.8. The topological polar surface area (TPSA) is 139 Å². The molecular formula is C17H15N5O4S3. The molecule has 2 atom stereocenters. The van der Waals surface area contributed by atoms with Crippen molar-refractivity contribution in [3.05, 3.63) is 46.5 Å². The predicted molar refractivity (Wildman–Crippen MR) is 110 cm³/mol. The van der Waals surface area contributed by atoms with E-state index in [-0.39, 0.29) is 23.2 Å². The Morgan fingerprint density at radius 2 is 2.07 bits per heavy atom. The molecule has 4 N–H and O–H groups in total. The van der Waals surface area contributed by atoms with Gasteiger partial charge in [0.2, 0.25) is 11.0 Å². The Bertz CT molecular complexity index is 1010. The van der Waals surface area contributed by atoms with E-state index in [1.807, 2.05) is 30.3 Å². The molecule has 1 saturated heterocycles.